The highest BCUT2D eigenvalue weighted by Gasteiger charge is 2.29. The van der Waals surface area contributed by atoms with E-state index in [1.807, 2.05) is 164 Å². The van der Waals surface area contributed by atoms with Gasteiger partial charge in [0.2, 0.25) is 17.8 Å². The molecular weight excluding hydrogens is 1740 g/mol. The van der Waals surface area contributed by atoms with Crippen LogP contribution in [0.15, 0.2) is 480 Å². The molecule has 0 amide bonds. The summed E-state index contributed by atoms with van der Waals surface area (Å²) in [5, 5.41) is 14.7. The Morgan fingerprint density at radius 3 is 0.732 bits per heavy atom. The molecule has 0 saturated heterocycles. The van der Waals surface area contributed by atoms with Gasteiger partial charge < -0.3 is 13.7 Å². The van der Waals surface area contributed by atoms with Crippen LogP contribution in [-0.2, 0) is 0 Å². The first kappa shape index (κ1) is 81.9. The minimum Gasteiger partial charge on any atom is -0.309 e. The Labute approximate surface area is 812 Å². The highest BCUT2D eigenvalue weighted by Crippen LogP contribution is 2.48. The zero-order chi connectivity index (χ0) is 93.7. The molecule has 0 atom stereocenters. The lowest BCUT2D eigenvalue weighted by atomic mass is 10.0. The maximum atomic E-state index is 5.22. The molecular formula is C125H79N17. The number of rotatable bonds is 13. The smallest absolute Gasteiger partial charge is 0.240 e. The molecule has 0 bridgehead atoms. The Morgan fingerprint density at radius 1 is 0.141 bits per heavy atom. The van der Waals surface area contributed by atoms with Crippen molar-refractivity contribution in [3.05, 3.63) is 480 Å². The molecule has 29 aromatic rings. The summed E-state index contributed by atoms with van der Waals surface area (Å²) in [6.45, 7) is 0. The van der Waals surface area contributed by atoms with E-state index in [9.17, 15) is 0 Å². The Bertz CT molecular complexity index is 9890. The number of hydrogen-bond donors (Lipinski definition) is 0. The topological polar surface area (TPSA) is 171 Å². The lowest BCUT2D eigenvalue weighted by molar-refractivity contribution is 0.944. The van der Waals surface area contributed by atoms with Crippen molar-refractivity contribution in [1.29, 1.82) is 0 Å². The zero-order valence-electron chi connectivity index (χ0n) is 76.2. The van der Waals surface area contributed by atoms with Crippen LogP contribution in [-0.4, -0.2) is 82.2 Å². The standard InChI is InChI=1S/2C44H28N6.C37H23N5/c1-4-13-29(14-5-1)30-22-24-32(25-23-30)42-46-41(31-15-6-2-7-16-31)47-44(48-42)50-38-27-26-37-39(40(38)35-20-12-28-45-43(35)50)34-19-10-11-21-36(34)49(37)33-17-8-3-9-18-33;1-4-13-29(14-5-1)30-22-24-33(25-23-30)49-36-21-11-10-19-34(36)39-37(49)26-27-38-40(39)35-20-12-28-45-43(35)50(38)44-47-41(31-15-6-2-7-16-31)46-42(48-44)32-17-8-3-9-18-32;1-3-12-24(13-4-1)35-26-16-7-9-19-29(26)39-37(40-35)42-32-22-21-31-33(34(32)28-18-11-23-38-36(28)42)27-17-8-10-20-30(27)41(31)25-14-5-2-6-15-25/h2*1-28H;1-23H. The van der Waals surface area contributed by atoms with Crippen molar-refractivity contribution in [1.82, 2.24) is 82.2 Å². The summed E-state index contributed by atoms with van der Waals surface area (Å²) in [4.78, 5) is 55.6. The average molecular weight is 1820 g/mol. The largest absolute Gasteiger partial charge is 0.309 e. The second-order valence-electron chi connectivity index (χ2n) is 35.2. The molecule has 0 spiro atoms. The van der Waals surface area contributed by atoms with Crippen LogP contribution < -0.4 is 0 Å². The van der Waals surface area contributed by atoms with Crippen LogP contribution in [0.1, 0.15) is 0 Å². The number of nitrogens with zero attached hydrogens (tertiary/aromatic N) is 17. The van der Waals surface area contributed by atoms with E-state index >= 15 is 0 Å². The van der Waals surface area contributed by atoms with Crippen LogP contribution in [0.4, 0.5) is 0 Å². The van der Waals surface area contributed by atoms with Crippen molar-refractivity contribution in [2.75, 3.05) is 0 Å². The molecule has 0 aliphatic rings. The van der Waals surface area contributed by atoms with E-state index in [1.165, 1.54) is 49.0 Å². The van der Waals surface area contributed by atoms with Gasteiger partial charge in [-0.05, 0) is 156 Å². The number of pyridine rings is 3. The molecule has 0 N–H and O–H groups in total. The summed E-state index contributed by atoms with van der Waals surface area (Å²) in [6, 6.07) is 160. The lowest BCUT2D eigenvalue weighted by Gasteiger charge is -2.11. The molecule has 12 heterocycles. The summed E-state index contributed by atoms with van der Waals surface area (Å²) in [7, 11) is 0. The molecule has 0 aliphatic carbocycles. The molecule has 0 aliphatic heterocycles. The van der Waals surface area contributed by atoms with Crippen molar-refractivity contribution >= 4 is 142 Å². The van der Waals surface area contributed by atoms with E-state index in [2.05, 4.69) is 343 Å². The molecule has 17 heteroatoms. The van der Waals surface area contributed by atoms with Crippen LogP contribution in [0.2, 0.25) is 0 Å². The molecule has 17 aromatic carbocycles. The van der Waals surface area contributed by atoms with Gasteiger partial charge in [-0.2, -0.15) is 19.9 Å². The molecule has 12 aromatic heterocycles. The Balaban J connectivity index is 0.000000107. The van der Waals surface area contributed by atoms with Gasteiger partial charge in [0.05, 0.1) is 60.9 Å². The fourth-order valence-corrected chi connectivity index (χ4v) is 20.8. The lowest BCUT2D eigenvalue weighted by Crippen LogP contribution is -2.07. The third kappa shape index (κ3) is 13.8. The van der Waals surface area contributed by atoms with Crippen molar-refractivity contribution in [2.45, 2.75) is 0 Å². The summed E-state index contributed by atoms with van der Waals surface area (Å²) < 4.78 is 13.4. The minimum absolute atomic E-state index is 0.519. The quantitative estimate of drug-likeness (QED) is 0.108. The number of hydrogen-bond acceptors (Lipinski definition) is 11. The molecule has 0 radical (unpaired) electrons. The van der Waals surface area contributed by atoms with Gasteiger partial charge in [0.1, 0.15) is 16.9 Å². The van der Waals surface area contributed by atoms with Gasteiger partial charge in [0, 0.05) is 133 Å². The predicted octanol–water partition coefficient (Wildman–Crippen LogP) is 29.8. The van der Waals surface area contributed by atoms with Gasteiger partial charge in [0.25, 0.3) is 0 Å². The Kier molecular flexibility index (Phi) is 19.8. The summed E-state index contributed by atoms with van der Waals surface area (Å²) >= 11 is 0. The third-order valence-electron chi connectivity index (χ3n) is 27.1. The van der Waals surface area contributed by atoms with Gasteiger partial charge in [-0.25, -0.2) is 34.9 Å². The highest BCUT2D eigenvalue weighted by atomic mass is 15.2. The fourth-order valence-electron chi connectivity index (χ4n) is 20.8. The minimum atomic E-state index is 0.519. The van der Waals surface area contributed by atoms with Gasteiger partial charge >= 0.3 is 0 Å². The zero-order valence-corrected chi connectivity index (χ0v) is 76.2. The van der Waals surface area contributed by atoms with E-state index in [0.717, 1.165) is 166 Å². The second-order valence-corrected chi connectivity index (χ2v) is 35.2. The highest BCUT2D eigenvalue weighted by molar-refractivity contribution is 6.31. The molecule has 29 rings (SSSR count). The molecule has 0 unspecified atom stereocenters. The Hall–Kier alpha value is -19.7. The van der Waals surface area contributed by atoms with E-state index in [-0.39, 0.29) is 0 Å². The number of benzene rings is 17. The molecule has 142 heavy (non-hydrogen) atoms. The van der Waals surface area contributed by atoms with Crippen molar-refractivity contribution in [3.63, 3.8) is 0 Å². The maximum absolute atomic E-state index is 5.22. The fraction of sp³-hybridized carbons (Fsp3) is 0. The second kappa shape index (κ2) is 34.3. The number of fused-ring (bicyclic) bond motifs is 22. The van der Waals surface area contributed by atoms with Gasteiger partial charge in [-0.15, -0.1) is 0 Å². The monoisotopic (exact) mass is 1820 g/mol. The average Bonchev–Trinajstić information content (AvgIpc) is 1.55. The Morgan fingerprint density at radius 2 is 0.380 bits per heavy atom. The first-order valence-electron chi connectivity index (χ1n) is 47.4. The molecule has 664 valence electrons. The van der Waals surface area contributed by atoms with Crippen molar-refractivity contribution in [3.8, 4) is 114 Å². The summed E-state index contributed by atoms with van der Waals surface area (Å²) in [5.41, 5.74) is 26.9. The van der Waals surface area contributed by atoms with E-state index in [0.29, 0.717) is 41.1 Å². The summed E-state index contributed by atoms with van der Waals surface area (Å²) in [5.74, 6) is 4.07. The van der Waals surface area contributed by atoms with E-state index in [1.54, 1.807) is 0 Å². The first-order chi connectivity index (χ1) is 70.5. The SMILES string of the molecule is c1ccc(-c2ccc(-c3nc(-c4ccccc4)nc(-n4c5ccc6c(c7ccccc7n6-c6ccccc6)c5c5cccnc54)n3)cc2)cc1.c1ccc(-c2ccc(-n3c4ccccc4c4c5c6cccnc6n(-c6nc(-c7ccccc7)nc(-c7ccccc7)n6)c5ccc43)cc2)cc1.c1ccc(-c2nc(-n3c4ccc5c(c6ccccc6n5-c5ccccc5)c4c4cccnc43)nc3ccccc23)cc1. The number of aromatic nitrogens is 17. The predicted molar refractivity (Wildman–Crippen MR) is 577 cm³/mol. The van der Waals surface area contributed by atoms with Crippen LogP contribution in [0.25, 0.3) is 256 Å². The van der Waals surface area contributed by atoms with E-state index < -0.39 is 0 Å². The van der Waals surface area contributed by atoms with Gasteiger partial charge in [-0.1, -0.05) is 328 Å². The number of para-hydroxylation sites is 6. The van der Waals surface area contributed by atoms with Crippen LogP contribution in [0, 0.1) is 0 Å². The van der Waals surface area contributed by atoms with Crippen LogP contribution >= 0.6 is 0 Å². The van der Waals surface area contributed by atoms with Crippen molar-refractivity contribution < 1.29 is 0 Å². The summed E-state index contributed by atoms with van der Waals surface area (Å²) in [6.07, 6.45) is 5.52. The first-order valence-corrected chi connectivity index (χ1v) is 47.4. The maximum Gasteiger partial charge on any atom is 0.240 e. The van der Waals surface area contributed by atoms with E-state index in [4.69, 9.17) is 54.8 Å². The molecule has 17 nitrogen and oxygen atoms in total. The van der Waals surface area contributed by atoms with Crippen molar-refractivity contribution in [2.24, 2.45) is 0 Å². The molecule has 0 saturated carbocycles. The third-order valence-corrected chi connectivity index (χ3v) is 27.1. The normalized spacial score (nSPS) is 11.7. The van der Waals surface area contributed by atoms with Crippen LogP contribution in [0.5, 0.6) is 0 Å². The molecule has 0 fully saturated rings. The van der Waals surface area contributed by atoms with Gasteiger partial charge in [-0.3, -0.25) is 13.7 Å². The van der Waals surface area contributed by atoms with Crippen LogP contribution in [0.3, 0.4) is 0 Å². The van der Waals surface area contributed by atoms with Gasteiger partial charge in [0.15, 0.2) is 23.3 Å².